The van der Waals surface area contributed by atoms with Crippen molar-refractivity contribution in [1.82, 2.24) is 9.88 Å². The number of nitrogens with one attached hydrogen (secondary N) is 1. The van der Waals surface area contributed by atoms with E-state index in [1.54, 1.807) is 24.3 Å². The van der Waals surface area contributed by atoms with Crippen LogP contribution in [0.1, 0.15) is 15.9 Å². The molecule has 1 aromatic heterocycles. The number of nitrogens with zero attached hydrogens (tertiary/aromatic N) is 2. The Bertz CT molecular complexity index is 1180. The second-order valence-electron chi connectivity index (χ2n) is 6.29. The molecule has 0 saturated carbocycles. The molecule has 27 heavy (non-hydrogen) atoms. The van der Waals surface area contributed by atoms with Gasteiger partial charge in [0.25, 0.3) is 5.91 Å². The quantitative estimate of drug-likeness (QED) is 0.724. The molecule has 0 unspecified atom stereocenters. The third-order valence-electron chi connectivity index (χ3n) is 4.27. The van der Waals surface area contributed by atoms with Crippen LogP contribution >= 0.6 is 11.3 Å². The van der Waals surface area contributed by atoms with E-state index in [9.17, 15) is 18.0 Å². The molecule has 0 atom stereocenters. The molecule has 4 rings (SSSR count). The van der Waals surface area contributed by atoms with Gasteiger partial charge in [0.15, 0.2) is 15.0 Å². The van der Waals surface area contributed by atoms with Crippen LogP contribution < -0.4 is 5.32 Å². The zero-order valence-electron chi connectivity index (χ0n) is 14.3. The Hall–Kier alpha value is -2.78. The van der Waals surface area contributed by atoms with E-state index in [4.69, 9.17) is 0 Å². The molecule has 1 aliphatic rings. The fraction of sp³-hybridized carbons (Fsp3) is 0.167. The first-order chi connectivity index (χ1) is 12.8. The zero-order chi connectivity index (χ0) is 19.2. The molecule has 2 amide bonds. The van der Waals surface area contributed by atoms with E-state index < -0.39 is 9.84 Å². The smallest absolute Gasteiger partial charge is 0.254 e. The number of hydrogen-bond donors (Lipinski definition) is 1. The lowest BCUT2D eigenvalue weighted by Gasteiger charge is -2.14. The number of benzene rings is 2. The molecule has 9 heteroatoms. The number of carbonyl (C=O) groups excluding carboxylic acids is 2. The standard InChI is InChI=1S/C18H15N3O4S2/c1-27(24,25)12-6-7-14-15(8-12)26-18(19-14)20-16(22)10-21-9-11-4-2-3-5-13(11)17(21)23/h2-8H,9-10H2,1H3,(H,19,20,22). The summed E-state index contributed by atoms with van der Waals surface area (Å²) in [7, 11) is -3.31. The molecule has 138 valence electrons. The lowest BCUT2D eigenvalue weighted by atomic mass is 10.1. The Balaban J connectivity index is 1.48. The molecule has 0 aliphatic carbocycles. The fourth-order valence-electron chi connectivity index (χ4n) is 2.96. The molecular weight excluding hydrogens is 386 g/mol. The third-order valence-corrected chi connectivity index (χ3v) is 6.31. The second-order valence-corrected chi connectivity index (χ2v) is 9.33. The highest BCUT2D eigenvalue weighted by atomic mass is 32.2. The van der Waals surface area contributed by atoms with Gasteiger partial charge in [-0.15, -0.1) is 0 Å². The Morgan fingerprint density at radius 2 is 2.04 bits per heavy atom. The van der Waals surface area contributed by atoms with Crippen LogP contribution in [-0.4, -0.2) is 42.9 Å². The van der Waals surface area contributed by atoms with Gasteiger partial charge in [0.1, 0.15) is 6.54 Å². The number of aromatic nitrogens is 1. The molecule has 3 aromatic rings. The summed E-state index contributed by atoms with van der Waals surface area (Å²) < 4.78 is 24.0. The van der Waals surface area contributed by atoms with E-state index in [2.05, 4.69) is 10.3 Å². The largest absolute Gasteiger partial charge is 0.325 e. The topological polar surface area (TPSA) is 96.4 Å². The number of anilines is 1. The van der Waals surface area contributed by atoms with Crippen LogP contribution in [0.15, 0.2) is 47.4 Å². The van der Waals surface area contributed by atoms with E-state index in [1.165, 1.54) is 22.3 Å². The normalized spacial score (nSPS) is 13.8. The maximum Gasteiger partial charge on any atom is 0.254 e. The summed E-state index contributed by atoms with van der Waals surface area (Å²) in [6, 6.07) is 11.9. The number of thiazole rings is 1. The van der Waals surface area contributed by atoms with Crippen molar-refractivity contribution in [3.63, 3.8) is 0 Å². The molecule has 0 fully saturated rings. The van der Waals surface area contributed by atoms with Crippen molar-refractivity contribution in [1.29, 1.82) is 0 Å². The van der Waals surface area contributed by atoms with E-state index in [0.717, 1.165) is 11.8 Å². The van der Waals surface area contributed by atoms with Crippen LogP contribution in [-0.2, 0) is 21.2 Å². The molecule has 0 spiro atoms. The predicted molar refractivity (Wildman–Crippen MR) is 103 cm³/mol. The summed E-state index contributed by atoms with van der Waals surface area (Å²) in [4.78, 5) is 30.7. The number of carbonyl (C=O) groups is 2. The number of rotatable bonds is 4. The van der Waals surface area contributed by atoms with Gasteiger partial charge in [0, 0.05) is 18.4 Å². The van der Waals surface area contributed by atoms with Crippen molar-refractivity contribution >= 4 is 48.3 Å². The van der Waals surface area contributed by atoms with Gasteiger partial charge in [-0.3, -0.25) is 9.59 Å². The number of hydrogen-bond acceptors (Lipinski definition) is 6. The van der Waals surface area contributed by atoms with Crippen molar-refractivity contribution in [2.45, 2.75) is 11.4 Å². The minimum atomic E-state index is -3.31. The third kappa shape index (κ3) is 3.43. The van der Waals surface area contributed by atoms with E-state index in [0.29, 0.717) is 27.5 Å². The van der Waals surface area contributed by atoms with E-state index >= 15 is 0 Å². The Morgan fingerprint density at radius 1 is 1.26 bits per heavy atom. The van der Waals surface area contributed by atoms with Gasteiger partial charge in [-0.2, -0.15) is 0 Å². The van der Waals surface area contributed by atoms with Crippen molar-refractivity contribution in [3.8, 4) is 0 Å². The summed E-state index contributed by atoms with van der Waals surface area (Å²) in [5.74, 6) is -0.513. The number of amides is 2. The van der Waals surface area contributed by atoms with Gasteiger partial charge in [0.2, 0.25) is 5.91 Å². The van der Waals surface area contributed by atoms with E-state index in [1.807, 2.05) is 12.1 Å². The lowest BCUT2D eigenvalue weighted by Crippen LogP contribution is -2.33. The maximum absolute atomic E-state index is 12.3. The van der Waals surface area contributed by atoms with Gasteiger partial charge in [-0.25, -0.2) is 13.4 Å². The first-order valence-electron chi connectivity index (χ1n) is 8.09. The summed E-state index contributed by atoms with van der Waals surface area (Å²) in [5.41, 5.74) is 2.13. The molecule has 0 saturated heterocycles. The minimum Gasteiger partial charge on any atom is -0.325 e. The molecule has 2 heterocycles. The first-order valence-corrected chi connectivity index (χ1v) is 10.8. The Kier molecular flexibility index (Phi) is 4.20. The highest BCUT2D eigenvalue weighted by Crippen LogP contribution is 2.28. The van der Waals surface area contributed by atoms with Crippen molar-refractivity contribution in [2.75, 3.05) is 18.1 Å². The predicted octanol–water partition coefficient (Wildman–Crippen LogP) is 2.29. The highest BCUT2D eigenvalue weighted by Gasteiger charge is 2.28. The first kappa shape index (κ1) is 17.6. The molecule has 0 bridgehead atoms. The molecule has 2 aromatic carbocycles. The highest BCUT2D eigenvalue weighted by molar-refractivity contribution is 7.90. The van der Waals surface area contributed by atoms with E-state index in [-0.39, 0.29) is 23.3 Å². The van der Waals surface area contributed by atoms with Crippen LogP contribution in [0.5, 0.6) is 0 Å². The van der Waals surface area contributed by atoms with Crippen LogP contribution in [0.2, 0.25) is 0 Å². The van der Waals surface area contributed by atoms with Gasteiger partial charge < -0.3 is 10.2 Å². The van der Waals surface area contributed by atoms with Gasteiger partial charge in [-0.1, -0.05) is 29.5 Å². The van der Waals surface area contributed by atoms with Crippen LogP contribution in [0.4, 0.5) is 5.13 Å². The average Bonchev–Trinajstić information content (AvgIpc) is 3.14. The molecule has 1 N–H and O–H groups in total. The summed E-state index contributed by atoms with van der Waals surface area (Å²) in [6.07, 6.45) is 1.14. The van der Waals surface area contributed by atoms with Crippen molar-refractivity contribution < 1.29 is 18.0 Å². The van der Waals surface area contributed by atoms with Crippen LogP contribution in [0.3, 0.4) is 0 Å². The molecule has 1 aliphatic heterocycles. The Morgan fingerprint density at radius 3 is 2.78 bits per heavy atom. The van der Waals surface area contributed by atoms with Crippen molar-refractivity contribution in [2.24, 2.45) is 0 Å². The van der Waals surface area contributed by atoms with Crippen LogP contribution in [0, 0.1) is 0 Å². The second kappa shape index (κ2) is 6.43. The summed E-state index contributed by atoms with van der Waals surface area (Å²) in [5, 5.41) is 3.05. The zero-order valence-corrected chi connectivity index (χ0v) is 15.9. The average molecular weight is 401 g/mol. The molecule has 0 radical (unpaired) electrons. The minimum absolute atomic E-state index is 0.0714. The molecule has 7 nitrogen and oxygen atoms in total. The number of sulfone groups is 1. The Labute approximate surface area is 159 Å². The van der Waals surface area contributed by atoms with Crippen molar-refractivity contribution in [3.05, 3.63) is 53.6 Å². The van der Waals surface area contributed by atoms with Gasteiger partial charge >= 0.3 is 0 Å². The molecular formula is C18H15N3O4S2. The summed E-state index contributed by atoms with van der Waals surface area (Å²) >= 11 is 1.19. The lowest BCUT2D eigenvalue weighted by molar-refractivity contribution is -0.116. The monoisotopic (exact) mass is 401 g/mol. The summed E-state index contributed by atoms with van der Waals surface area (Å²) in [6.45, 7) is 0.331. The SMILES string of the molecule is CS(=O)(=O)c1ccc2nc(NC(=O)CN3Cc4ccccc4C3=O)sc2c1. The van der Waals surface area contributed by atoms with Gasteiger partial charge in [-0.05, 0) is 29.8 Å². The fourth-order valence-corrected chi connectivity index (χ4v) is 4.61. The maximum atomic E-state index is 12.3. The van der Waals surface area contributed by atoms with Gasteiger partial charge in [0.05, 0.1) is 15.1 Å². The van der Waals surface area contributed by atoms with Crippen LogP contribution in [0.25, 0.3) is 10.2 Å². The number of fused-ring (bicyclic) bond motifs is 2.